The van der Waals surface area contributed by atoms with Crippen LogP contribution in [0.5, 0.6) is 0 Å². The zero-order valence-electron chi connectivity index (χ0n) is 12.6. The van der Waals surface area contributed by atoms with Crippen LogP contribution in [0.3, 0.4) is 0 Å². The summed E-state index contributed by atoms with van der Waals surface area (Å²) < 4.78 is 0. The van der Waals surface area contributed by atoms with Crippen molar-refractivity contribution in [3.63, 3.8) is 0 Å². The van der Waals surface area contributed by atoms with Gasteiger partial charge in [0.15, 0.2) is 0 Å². The summed E-state index contributed by atoms with van der Waals surface area (Å²) >= 11 is 0. The van der Waals surface area contributed by atoms with Gasteiger partial charge in [0.2, 0.25) is 0 Å². The average Bonchev–Trinajstić information content (AvgIpc) is 2.35. The molecule has 1 unspecified atom stereocenters. The number of piperazine rings is 1. The van der Waals surface area contributed by atoms with Crippen molar-refractivity contribution < 1.29 is 9.90 Å². The number of likely N-dealkylation sites (N-methyl/N-ethyl adjacent to an activating group) is 1. The van der Waals surface area contributed by atoms with Gasteiger partial charge in [-0.2, -0.15) is 0 Å². The first kappa shape index (κ1) is 16.4. The quantitative estimate of drug-likeness (QED) is 0.681. The Morgan fingerprint density at radius 2 is 1.79 bits per heavy atom. The van der Waals surface area contributed by atoms with Gasteiger partial charge in [0.1, 0.15) is 6.04 Å². The number of hydrogen-bond acceptors (Lipinski definition) is 4. The molecular formula is C14H29N3O2. The lowest BCUT2D eigenvalue weighted by molar-refractivity contribution is -0.139. The van der Waals surface area contributed by atoms with E-state index in [1.807, 2.05) is 6.92 Å². The van der Waals surface area contributed by atoms with Crippen LogP contribution in [0.2, 0.25) is 0 Å². The molecule has 0 aromatic heterocycles. The highest BCUT2D eigenvalue weighted by Crippen LogP contribution is 2.06. The van der Waals surface area contributed by atoms with E-state index in [4.69, 9.17) is 5.11 Å². The van der Waals surface area contributed by atoms with Crippen LogP contribution in [0.4, 0.5) is 0 Å². The lowest BCUT2D eigenvalue weighted by atomic mass is 10.1. The topological polar surface area (TPSA) is 55.8 Å². The van der Waals surface area contributed by atoms with Gasteiger partial charge in [-0.15, -0.1) is 0 Å². The van der Waals surface area contributed by atoms with Crippen LogP contribution in [-0.4, -0.2) is 72.7 Å². The molecular weight excluding hydrogens is 242 g/mol. The highest BCUT2D eigenvalue weighted by molar-refractivity contribution is 5.73. The van der Waals surface area contributed by atoms with Crippen molar-refractivity contribution in [1.29, 1.82) is 0 Å². The summed E-state index contributed by atoms with van der Waals surface area (Å²) in [5, 5.41) is 12.1. The summed E-state index contributed by atoms with van der Waals surface area (Å²) in [5.74, 6) is -0.0167. The Kier molecular flexibility index (Phi) is 7.34. The minimum Gasteiger partial charge on any atom is -0.480 e. The molecule has 0 radical (unpaired) electrons. The second kappa shape index (κ2) is 8.51. The van der Waals surface area contributed by atoms with Crippen LogP contribution in [0.1, 0.15) is 27.2 Å². The number of rotatable bonds is 8. The van der Waals surface area contributed by atoms with E-state index in [0.29, 0.717) is 13.0 Å². The first-order valence-corrected chi connectivity index (χ1v) is 7.43. The Labute approximate surface area is 117 Å². The van der Waals surface area contributed by atoms with Crippen molar-refractivity contribution in [3.8, 4) is 0 Å². The van der Waals surface area contributed by atoms with Crippen molar-refractivity contribution in [1.82, 2.24) is 15.1 Å². The maximum atomic E-state index is 11.0. The van der Waals surface area contributed by atoms with Crippen molar-refractivity contribution in [2.24, 2.45) is 5.92 Å². The molecule has 0 aromatic rings. The molecule has 2 N–H and O–H groups in total. The molecule has 1 atom stereocenters. The van der Waals surface area contributed by atoms with Crippen LogP contribution >= 0.6 is 0 Å². The molecule has 0 bridgehead atoms. The third-order valence-electron chi connectivity index (χ3n) is 3.57. The predicted molar refractivity (Wildman–Crippen MR) is 77.4 cm³/mol. The van der Waals surface area contributed by atoms with E-state index < -0.39 is 12.0 Å². The number of nitrogens with zero attached hydrogens (tertiary/aromatic N) is 2. The smallest absolute Gasteiger partial charge is 0.320 e. The molecule has 19 heavy (non-hydrogen) atoms. The SMILES string of the molecule is CCNC(CCN1CCN(CC(C)C)CC1)C(=O)O. The average molecular weight is 271 g/mol. The largest absolute Gasteiger partial charge is 0.480 e. The standard InChI is InChI=1S/C14H29N3O2/c1-4-15-13(14(18)19)5-6-16-7-9-17(10-8-16)11-12(2)3/h12-13,15H,4-11H2,1-3H3,(H,18,19). The van der Waals surface area contributed by atoms with E-state index in [2.05, 4.69) is 29.0 Å². The van der Waals surface area contributed by atoms with Gasteiger partial charge in [0.05, 0.1) is 0 Å². The number of carbonyl (C=O) groups is 1. The third kappa shape index (κ3) is 6.36. The van der Waals surface area contributed by atoms with Crippen LogP contribution < -0.4 is 5.32 Å². The minimum atomic E-state index is -0.736. The predicted octanol–water partition coefficient (Wildman–Crippen LogP) is 0.713. The van der Waals surface area contributed by atoms with E-state index in [1.165, 1.54) is 6.54 Å². The summed E-state index contributed by atoms with van der Waals surface area (Å²) in [4.78, 5) is 15.9. The number of hydrogen-bond donors (Lipinski definition) is 2. The van der Waals surface area contributed by atoms with Gasteiger partial charge in [-0.25, -0.2) is 0 Å². The van der Waals surface area contributed by atoms with Gasteiger partial charge in [-0.3, -0.25) is 4.79 Å². The monoisotopic (exact) mass is 271 g/mol. The summed E-state index contributed by atoms with van der Waals surface area (Å²) in [6.45, 7) is 13.5. The minimum absolute atomic E-state index is 0.404. The summed E-state index contributed by atoms with van der Waals surface area (Å²) in [5.41, 5.74) is 0. The summed E-state index contributed by atoms with van der Waals surface area (Å²) in [7, 11) is 0. The van der Waals surface area contributed by atoms with Crippen molar-refractivity contribution in [2.45, 2.75) is 33.2 Å². The Balaban J connectivity index is 2.23. The molecule has 5 nitrogen and oxygen atoms in total. The fourth-order valence-corrected chi connectivity index (χ4v) is 2.58. The van der Waals surface area contributed by atoms with Crippen molar-refractivity contribution in [2.75, 3.05) is 45.8 Å². The fourth-order valence-electron chi connectivity index (χ4n) is 2.58. The second-order valence-electron chi connectivity index (χ2n) is 5.77. The van der Waals surface area contributed by atoms with E-state index in [0.717, 1.165) is 38.6 Å². The molecule has 1 aliphatic heterocycles. The van der Waals surface area contributed by atoms with Crippen LogP contribution in [0.15, 0.2) is 0 Å². The van der Waals surface area contributed by atoms with Gasteiger partial charge < -0.3 is 20.2 Å². The maximum Gasteiger partial charge on any atom is 0.320 e. The molecule has 0 amide bonds. The molecule has 0 aromatic carbocycles. The normalized spacial score (nSPS) is 19.8. The lowest BCUT2D eigenvalue weighted by Crippen LogP contribution is -2.49. The summed E-state index contributed by atoms with van der Waals surface area (Å²) in [6.07, 6.45) is 0.688. The van der Waals surface area contributed by atoms with Gasteiger partial charge >= 0.3 is 5.97 Å². The molecule has 0 saturated carbocycles. The molecule has 1 saturated heterocycles. The molecule has 0 aliphatic carbocycles. The van der Waals surface area contributed by atoms with Gasteiger partial charge in [-0.05, 0) is 18.9 Å². The molecule has 1 fully saturated rings. The van der Waals surface area contributed by atoms with Crippen molar-refractivity contribution in [3.05, 3.63) is 0 Å². The fraction of sp³-hybridized carbons (Fsp3) is 0.929. The van der Waals surface area contributed by atoms with Crippen LogP contribution in [0.25, 0.3) is 0 Å². The van der Waals surface area contributed by atoms with Crippen LogP contribution in [-0.2, 0) is 4.79 Å². The molecule has 1 aliphatic rings. The van der Waals surface area contributed by atoms with E-state index >= 15 is 0 Å². The Morgan fingerprint density at radius 3 is 2.26 bits per heavy atom. The van der Waals surface area contributed by atoms with Gasteiger partial charge in [0, 0.05) is 39.3 Å². The number of nitrogens with one attached hydrogen (secondary N) is 1. The Bertz CT molecular complexity index is 263. The Hall–Kier alpha value is -0.650. The second-order valence-corrected chi connectivity index (χ2v) is 5.77. The molecule has 112 valence electrons. The summed E-state index contributed by atoms with van der Waals surface area (Å²) in [6, 6.07) is -0.404. The first-order valence-electron chi connectivity index (χ1n) is 7.43. The molecule has 5 heteroatoms. The van der Waals surface area contributed by atoms with E-state index in [9.17, 15) is 4.79 Å². The van der Waals surface area contributed by atoms with E-state index in [1.54, 1.807) is 0 Å². The number of carboxylic acids is 1. The highest BCUT2D eigenvalue weighted by Gasteiger charge is 2.20. The zero-order chi connectivity index (χ0) is 14.3. The molecule has 0 spiro atoms. The molecule has 1 rings (SSSR count). The first-order chi connectivity index (χ1) is 9.02. The zero-order valence-corrected chi connectivity index (χ0v) is 12.6. The van der Waals surface area contributed by atoms with Crippen LogP contribution in [0, 0.1) is 5.92 Å². The number of aliphatic carboxylic acids is 1. The number of carboxylic acid groups (broad SMARTS) is 1. The highest BCUT2D eigenvalue weighted by atomic mass is 16.4. The third-order valence-corrected chi connectivity index (χ3v) is 3.57. The van der Waals surface area contributed by atoms with E-state index in [-0.39, 0.29) is 0 Å². The van der Waals surface area contributed by atoms with Gasteiger partial charge in [-0.1, -0.05) is 20.8 Å². The Morgan fingerprint density at radius 1 is 1.21 bits per heavy atom. The lowest BCUT2D eigenvalue weighted by Gasteiger charge is -2.35. The maximum absolute atomic E-state index is 11.0. The van der Waals surface area contributed by atoms with Crippen molar-refractivity contribution >= 4 is 5.97 Å². The molecule has 1 heterocycles. The van der Waals surface area contributed by atoms with Gasteiger partial charge in [0.25, 0.3) is 0 Å².